The van der Waals surface area contributed by atoms with E-state index in [1.54, 1.807) is 0 Å². The lowest BCUT2D eigenvalue weighted by atomic mass is 9.94. The first-order chi connectivity index (χ1) is 17.3. The lowest BCUT2D eigenvalue weighted by molar-refractivity contribution is -0.187. The van der Waals surface area contributed by atoms with E-state index in [0.717, 1.165) is 52.4 Å². The molecule has 6 rings (SSSR count). The maximum Gasteiger partial charge on any atom is 0.208 e. The normalized spacial score (nSPS) is 20.9. The number of benzene rings is 3. The van der Waals surface area contributed by atoms with E-state index in [1.165, 1.54) is 22.3 Å². The molecule has 0 atom stereocenters. The second-order valence-electron chi connectivity index (χ2n) is 9.92. The molecule has 0 bridgehead atoms. The predicted molar refractivity (Wildman–Crippen MR) is 138 cm³/mol. The second kappa shape index (κ2) is 10.2. The lowest BCUT2D eigenvalue weighted by Gasteiger charge is -2.42. The lowest BCUT2D eigenvalue weighted by Crippen LogP contribution is -2.51. The highest BCUT2D eigenvalue weighted by molar-refractivity contribution is 5.34. The molecule has 3 aliphatic heterocycles. The van der Waals surface area contributed by atoms with E-state index in [0.29, 0.717) is 19.3 Å². The van der Waals surface area contributed by atoms with Gasteiger partial charge in [-0.15, -0.1) is 0 Å². The molecule has 3 aromatic rings. The molecule has 2 saturated heterocycles. The Morgan fingerprint density at radius 3 is 1.89 bits per heavy atom. The van der Waals surface area contributed by atoms with Crippen LogP contribution in [0, 0.1) is 0 Å². The average Bonchev–Trinajstić information content (AvgIpc) is 3.38. The summed E-state index contributed by atoms with van der Waals surface area (Å²) in [6.07, 6.45) is 0. The van der Waals surface area contributed by atoms with Crippen molar-refractivity contribution >= 4 is 0 Å². The topological polar surface area (TPSA) is 28.2 Å². The van der Waals surface area contributed by atoms with Gasteiger partial charge in [0.05, 0.1) is 25.8 Å². The molecule has 0 unspecified atom stereocenters. The van der Waals surface area contributed by atoms with Crippen LogP contribution in [-0.2, 0) is 21.8 Å². The van der Waals surface area contributed by atoms with E-state index in [1.807, 2.05) is 0 Å². The van der Waals surface area contributed by atoms with Crippen LogP contribution in [0.15, 0.2) is 84.9 Å². The minimum Gasteiger partial charge on any atom is -0.342 e. The summed E-state index contributed by atoms with van der Waals surface area (Å²) in [7, 11) is 0. The molecule has 3 heterocycles. The van der Waals surface area contributed by atoms with Crippen LogP contribution in [0.4, 0.5) is 0 Å². The van der Waals surface area contributed by atoms with E-state index in [-0.39, 0.29) is 0 Å². The highest BCUT2D eigenvalue weighted by Gasteiger charge is 2.44. The van der Waals surface area contributed by atoms with Crippen LogP contribution in [0.5, 0.6) is 0 Å². The third-order valence-corrected chi connectivity index (χ3v) is 7.74. The summed E-state index contributed by atoms with van der Waals surface area (Å²) >= 11 is 0. The first-order valence-electron chi connectivity index (χ1n) is 13.0. The van der Waals surface area contributed by atoms with E-state index in [4.69, 9.17) is 9.47 Å². The van der Waals surface area contributed by atoms with Crippen molar-refractivity contribution < 1.29 is 9.47 Å². The Morgan fingerprint density at radius 1 is 0.657 bits per heavy atom. The Bertz CT molecular complexity index is 1050. The molecule has 0 saturated carbocycles. The minimum absolute atomic E-state index is 0.315. The molecule has 0 aliphatic carbocycles. The third kappa shape index (κ3) is 4.80. The number of hydrogen-bond acceptors (Lipinski definition) is 5. The van der Waals surface area contributed by atoms with Crippen LogP contribution in [0.2, 0.25) is 0 Å². The molecular formula is C30H35N3O2. The van der Waals surface area contributed by atoms with Gasteiger partial charge in [0.2, 0.25) is 5.79 Å². The monoisotopic (exact) mass is 469 g/mol. The molecule has 3 aromatic carbocycles. The average molecular weight is 470 g/mol. The summed E-state index contributed by atoms with van der Waals surface area (Å²) in [5, 5.41) is 0. The van der Waals surface area contributed by atoms with E-state index >= 15 is 0 Å². The number of ether oxygens (including phenoxy) is 2. The van der Waals surface area contributed by atoms with Gasteiger partial charge in [0.25, 0.3) is 0 Å². The molecule has 35 heavy (non-hydrogen) atoms. The molecule has 0 N–H and O–H groups in total. The molecule has 5 nitrogen and oxygen atoms in total. The minimum atomic E-state index is -0.577. The van der Waals surface area contributed by atoms with Gasteiger partial charge < -0.3 is 9.47 Å². The number of hydrogen-bond donors (Lipinski definition) is 0. The highest BCUT2D eigenvalue weighted by Crippen LogP contribution is 2.38. The van der Waals surface area contributed by atoms with Gasteiger partial charge in [-0.1, -0.05) is 84.9 Å². The van der Waals surface area contributed by atoms with E-state index in [2.05, 4.69) is 99.6 Å². The Balaban J connectivity index is 1.09. The third-order valence-electron chi connectivity index (χ3n) is 7.74. The van der Waals surface area contributed by atoms with Gasteiger partial charge in [0.1, 0.15) is 0 Å². The number of fused-ring (bicyclic) bond motifs is 2. The van der Waals surface area contributed by atoms with Gasteiger partial charge >= 0.3 is 0 Å². The summed E-state index contributed by atoms with van der Waals surface area (Å²) in [5.74, 6) is -0.577. The summed E-state index contributed by atoms with van der Waals surface area (Å²) in [4.78, 5) is 7.78. The largest absolute Gasteiger partial charge is 0.342 e. The molecule has 5 heteroatoms. The fraction of sp³-hybridized carbons (Fsp3) is 0.400. The summed E-state index contributed by atoms with van der Waals surface area (Å²) < 4.78 is 12.3. The van der Waals surface area contributed by atoms with Crippen molar-refractivity contribution in [1.82, 2.24) is 14.7 Å². The molecule has 0 radical (unpaired) electrons. The molecule has 1 spiro atoms. The molecule has 182 valence electrons. The maximum atomic E-state index is 6.17. The molecule has 0 amide bonds. The Labute approximate surface area is 208 Å². The molecular weight excluding hydrogens is 434 g/mol. The Hall–Kier alpha value is -2.54. The molecule has 0 aromatic heterocycles. The van der Waals surface area contributed by atoms with Crippen LogP contribution in [0.3, 0.4) is 0 Å². The van der Waals surface area contributed by atoms with E-state index in [9.17, 15) is 0 Å². The van der Waals surface area contributed by atoms with Gasteiger partial charge in [-0.2, -0.15) is 0 Å². The first kappa shape index (κ1) is 22.9. The number of piperazine rings is 1. The Kier molecular flexibility index (Phi) is 6.68. The number of rotatable bonds is 6. The molecule has 2 fully saturated rings. The molecule has 3 aliphatic rings. The highest BCUT2D eigenvalue weighted by atomic mass is 16.7. The second-order valence-corrected chi connectivity index (χ2v) is 9.92. The smallest absolute Gasteiger partial charge is 0.208 e. The van der Waals surface area contributed by atoms with Gasteiger partial charge in [-0.3, -0.25) is 14.7 Å². The Morgan fingerprint density at radius 2 is 1.23 bits per heavy atom. The number of nitrogens with zero attached hydrogens (tertiary/aromatic N) is 3. The van der Waals surface area contributed by atoms with E-state index < -0.39 is 5.79 Å². The van der Waals surface area contributed by atoms with Crippen LogP contribution in [-0.4, -0.2) is 73.7 Å². The van der Waals surface area contributed by atoms with Gasteiger partial charge in [-0.05, 0) is 16.7 Å². The SMILES string of the molecule is c1ccc(C(c2ccccc2)N2CCN(CCN3Cc4ccccc4C4(C3)OCCO4)CC2)cc1. The van der Waals surface area contributed by atoms with Crippen molar-refractivity contribution in [3.63, 3.8) is 0 Å². The zero-order chi connectivity index (χ0) is 23.5. The van der Waals surface area contributed by atoms with Crippen molar-refractivity contribution in [3.05, 3.63) is 107 Å². The van der Waals surface area contributed by atoms with Gasteiger partial charge in [0, 0.05) is 51.4 Å². The zero-order valence-corrected chi connectivity index (χ0v) is 20.4. The van der Waals surface area contributed by atoms with Crippen molar-refractivity contribution in [2.45, 2.75) is 18.4 Å². The quantitative estimate of drug-likeness (QED) is 0.542. The van der Waals surface area contributed by atoms with Crippen LogP contribution in [0.1, 0.15) is 28.3 Å². The van der Waals surface area contributed by atoms with Crippen molar-refractivity contribution in [1.29, 1.82) is 0 Å². The fourth-order valence-electron chi connectivity index (χ4n) is 5.98. The van der Waals surface area contributed by atoms with Gasteiger partial charge in [-0.25, -0.2) is 0 Å². The summed E-state index contributed by atoms with van der Waals surface area (Å²) in [6, 6.07) is 30.8. The van der Waals surface area contributed by atoms with Crippen LogP contribution in [0.25, 0.3) is 0 Å². The van der Waals surface area contributed by atoms with Crippen LogP contribution < -0.4 is 0 Å². The first-order valence-corrected chi connectivity index (χ1v) is 13.0. The van der Waals surface area contributed by atoms with Crippen molar-refractivity contribution in [3.8, 4) is 0 Å². The summed E-state index contributed by atoms with van der Waals surface area (Å²) in [5.41, 5.74) is 5.30. The van der Waals surface area contributed by atoms with Crippen molar-refractivity contribution in [2.75, 3.05) is 59.0 Å². The van der Waals surface area contributed by atoms with Gasteiger partial charge in [0.15, 0.2) is 0 Å². The predicted octanol–water partition coefficient (Wildman–Crippen LogP) is 4.11. The fourth-order valence-corrected chi connectivity index (χ4v) is 5.98. The van der Waals surface area contributed by atoms with Crippen molar-refractivity contribution in [2.24, 2.45) is 0 Å². The maximum absolute atomic E-state index is 6.17. The standard InChI is InChI=1S/C30H35N3O2/c1-3-9-25(10-4-1)29(26-11-5-2-6-12-26)33-19-17-31(18-20-33)15-16-32-23-27-13-7-8-14-28(27)30(24-32)34-21-22-35-30/h1-14,29H,15-24H2. The zero-order valence-electron chi connectivity index (χ0n) is 20.4. The van der Waals surface area contributed by atoms with Crippen LogP contribution >= 0.6 is 0 Å². The summed E-state index contributed by atoms with van der Waals surface area (Å²) in [6.45, 7) is 9.58.